The van der Waals surface area contributed by atoms with Crippen molar-refractivity contribution in [2.24, 2.45) is 5.41 Å². The Kier molecular flexibility index (Phi) is 8.98. The van der Waals surface area contributed by atoms with Gasteiger partial charge >= 0.3 is 0 Å². The molecule has 0 radical (unpaired) electrons. The van der Waals surface area contributed by atoms with Crippen LogP contribution in [0.3, 0.4) is 0 Å². The molecule has 0 bridgehead atoms. The molecule has 0 atom stereocenters. The number of hydrogen-bond acceptors (Lipinski definition) is 2. The Balaban J connectivity index is 0. The van der Waals surface area contributed by atoms with Crippen molar-refractivity contribution in [3.05, 3.63) is 0 Å². The molecule has 1 saturated carbocycles. The second-order valence-corrected chi connectivity index (χ2v) is 2.49. The van der Waals surface area contributed by atoms with Gasteiger partial charge in [-0.25, -0.2) is 0 Å². The average molecular weight is 157 g/mol. The molecule has 1 rings (SSSR count). The van der Waals surface area contributed by atoms with Crippen LogP contribution in [0.4, 0.5) is 0 Å². The van der Waals surface area contributed by atoms with Crippen molar-refractivity contribution < 1.29 is 5.11 Å². The van der Waals surface area contributed by atoms with Crippen molar-refractivity contribution in [3.8, 4) is 6.07 Å². The molecule has 1 fully saturated rings. The molecule has 11 heavy (non-hydrogen) atoms. The Morgan fingerprint density at radius 1 is 1.45 bits per heavy atom. The third-order valence-corrected chi connectivity index (χ3v) is 1.27. The molecule has 0 spiro atoms. The van der Waals surface area contributed by atoms with Crippen LogP contribution < -0.4 is 0 Å². The SMILES string of the molecule is CC.CC1(C#N)CC1.CCO. The summed E-state index contributed by atoms with van der Waals surface area (Å²) in [6, 6.07) is 2.22. The summed E-state index contributed by atoms with van der Waals surface area (Å²) >= 11 is 0. The lowest BCUT2D eigenvalue weighted by atomic mass is 10.2. The third-order valence-electron chi connectivity index (χ3n) is 1.27. The fourth-order valence-corrected chi connectivity index (χ4v) is 0.299. The Hall–Kier alpha value is -0.550. The number of hydrogen-bond donors (Lipinski definition) is 1. The lowest BCUT2D eigenvalue weighted by Crippen LogP contribution is -1.81. The monoisotopic (exact) mass is 157 g/mol. The fourth-order valence-electron chi connectivity index (χ4n) is 0.299. The predicted octanol–water partition coefficient (Wildman–Crippen LogP) is 2.33. The predicted molar refractivity (Wildman–Crippen MR) is 47.1 cm³/mol. The molecule has 0 heterocycles. The van der Waals surface area contributed by atoms with Crippen LogP contribution in [0, 0.1) is 16.7 Å². The first-order valence-electron chi connectivity index (χ1n) is 4.20. The zero-order valence-electron chi connectivity index (χ0n) is 8.02. The van der Waals surface area contributed by atoms with Crippen LogP contribution in [-0.2, 0) is 0 Å². The first-order chi connectivity index (χ1) is 5.18. The van der Waals surface area contributed by atoms with Gasteiger partial charge in [-0.2, -0.15) is 5.26 Å². The normalized spacial score (nSPS) is 16.0. The van der Waals surface area contributed by atoms with E-state index < -0.39 is 0 Å². The van der Waals surface area contributed by atoms with Gasteiger partial charge in [0.15, 0.2) is 0 Å². The molecule has 1 aliphatic carbocycles. The number of rotatable bonds is 0. The van der Waals surface area contributed by atoms with Crippen LogP contribution in [0.25, 0.3) is 0 Å². The molecule has 0 unspecified atom stereocenters. The zero-order valence-corrected chi connectivity index (χ0v) is 8.02. The van der Waals surface area contributed by atoms with E-state index in [9.17, 15) is 0 Å². The van der Waals surface area contributed by atoms with Gasteiger partial charge in [0.1, 0.15) is 0 Å². The maximum absolute atomic E-state index is 8.22. The van der Waals surface area contributed by atoms with Crippen LogP contribution in [0.2, 0.25) is 0 Å². The minimum absolute atomic E-state index is 0.0972. The average Bonchev–Trinajstić information content (AvgIpc) is 2.75. The van der Waals surface area contributed by atoms with Crippen LogP contribution in [0.5, 0.6) is 0 Å². The second-order valence-electron chi connectivity index (χ2n) is 2.49. The first-order valence-corrected chi connectivity index (χ1v) is 4.20. The molecule has 2 heteroatoms. The van der Waals surface area contributed by atoms with Crippen molar-refractivity contribution in [3.63, 3.8) is 0 Å². The molecular formula is C9H19NO. The number of nitriles is 1. The molecule has 0 aromatic carbocycles. The summed E-state index contributed by atoms with van der Waals surface area (Å²) in [5.41, 5.74) is 0.0972. The van der Waals surface area contributed by atoms with E-state index in [1.807, 2.05) is 20.8 Å². The Morgan fingerprint density at radius 3 is 1.73 bits per heavy atom. The zero-order chi connectivity index (χ0) is 9.33. The van der Waals surface area contributed by atoms with E-state index in [0.29, 0.717) is 0 Å². The molecule has 0 amide bonds. The molecular weight excluding hydrogens is 138 g/mol. The van der Waals surface area contributed by atoms with E-state index in [1.165, 1.54) is 0 Å². The molecule has 0 aromatic rings. The summed E-state index contributed by atoms with van der Waals surface area (Å²) in [6.45, 7) is 7.92. The number of aliphatic hydroxyl groups is 1. The highest BCUT2D eigenvalue weighted by molar-refractivity contribution is 5.06. The first kappa shape index (κ1) is 13.1. The van der Waals surface area contributed by atoms with Gasteiger partial charge in [-0.15, -0.1) is 0 Å². The van der Waals surface area contributed by atoms with Gasteiger partial charge in [0, 0.05) is 6.61 Å². The van der Waals surface area contributed by atoms with E-state index in [2.05, 4.69) is 6.07 Å². The van der Waals surface area contributed by atoms with Gasteiger partial charge in [-0.05, 0) is 26.7 Å². The Bertz CT molecular complexity index is 111. The topological polar surface area (TPSA) is 44.0 Å². The summed E-state index contributed by atoms with van der Waals surface area (Å²) in [7, 11) is 0. The minimum Gasteiger partial charge on any atom is -0.397 e. The summed E-state index contributed by atoms with van der Waals surface area (Å²) < 4.78 is 0. The highest BCUT2D eigenvalue weighted by atomic mass is 16.2. The van der Waals surface area contributed by atoms with E-state index in [4.69, 9.17) is 10.4 Å². The van der Waals surface area contributed by atoms with Crippen molar-refractivity contribution in [2.45, 2.75) is 40.5 Å². The van der Waals surface area contributed by atoms with Crippen LogP contribution in [-0.4, -0.2) is 11.7 Å². The van der Waals surface area contributed by atoms with Crippen LogP contribution in [0.15, 0.2) is 0 Å². The number of nitrogens with zero attached hydrogens (tertiary/aromatic N) is 1. The molecule has 0 saturated heterocycles. The lowest BCUT2D eigenvalue weighted by molar-refractivity contribution is 0.318. The molecule has 0 aliphatic heterocycles. The summed E-state index contributed by atoms with van der Waals surface area (Å²) in [5, 5.41) is 15.8. The second kappa shape index (κ2) is 7.56. The van der Waals surface area contributed by atoms with E-state index in [0.717, 1.165) is 12.8 Å². The molecule has 1 aliphatic rings. The summed E-state index contributed by atoms with van der Waals surface area (Å²) in [6.07, 6.45) is 2.23. The van der Waals surface area contributed by atoms with Gasteiger partial charge in [0.2, 0.25) is 0 Å². The van der Waals surface area contributed by atoms with Crippen molar-refractivity contribution in [1.82, 2.24) is 0 Å². The van der Waals surface area contributed by atoms with E-state index in [-0.39, 0.29) is 12.0 Å². The highest BCUT2D eigenvalue weighted by Gasteiger charge is 2.36. The van der Waals surface area contributed by atoms with Crippen molar-refractivity contribution in [1.29, 1.82) is 5.26 Å². The highest BCUT2D eigenvalue weighted by Crippen LogP contribution is 2.43. The lowest BCUT2D eigenvalue weighted by Gasteiger charge is -1.82. The minimum atomic E-state index is 0.0972. The van der Waals surface area contributed by atoms with E-state index >= 15 is 0 Å². The van der Waals surface area contributed by atoms with Gasteiger partial charge in [0.05, 0.1) is 11.5 Å². The van der Waals surface area contributed by atoms with Gasteiger partial charge in [0.25, 0.3) is 0 Å². The molecule has 66 valence electrons. The van der Waals surface area contributed by atoms with Crippen LogP contribution >= 0.6 is 0 Å². The maximum atomic E-state index is 8.22. The number of aliphatic hydroxyl groups excluding tert-OH is 1. The smallest absolute Gasteiger partial charge is 0.0686 e. The van der Waals surface area contributed by atoms with Gasteiger partial charge in [-0.1, -0.05) is 13.8 Å². The largest absolute Gasteiger partial charge is 0.397 e. The molecule has 2 nitrogen and oxygen atoms in total. The standard InChI is InChI=1S/C5H7N.C2H6O.C2H6/c1-5(4-6)2-3-5;1-2-3;1-2/h2-3H2,1H3;3H,2H2,1H3;1-2H3. The summed E-state index contributed by atoms with van der Waals surface area (Å²) in [5.74, 6) is 0. The van der Waals surface area contributed by atoms with E-state index in [1.54, 1.807) is 6.92 Å². The maximum Gasteiger partial charge on any atom is 0.0686 e. The van der Waals surface area contributed by atoms with Gasteiger partial charge in [-0.3, -0.25) is 0 Å². The van der Waals surface area contributed by atoms with Crippen LogP contribution in [0.1, 0.15) is 40.5 Å². The Morgan fingerprint density at radius 2 is 1.73 bits per heavy atom. The fraction of sp³-hybridized carbons (Fsp3) is 0.889. The Labute approximate surface area is 69.9 Å². The third kappa shape index (κ3) is 9.45. The van der Waals surface area contributed by atoms with Gasteiger partial charge < -0.3 is 5.11 Å². The molecule has 0 aromatic heterocycles. The summed E-state index contributed by atoms with van der Waals surface area (Å²) in [4.78, 5) is 0. The van der Waals surface area contributed by atoms with Crippen molar-refractivity contribution in [2.75, 3.05) is 6.61 Å². The van der Waals surface area contributed by atoms with Crippen molar-refractivity contribution >= 4 is 0 Å². The molecule has 1 N–H and O–H groups in total. The quantitative estimate of drug-likeness (QED) is 0.586.